The van der Waals surface area contributed by atoms with Gasteiger partial charge in [-0.3, -0.25) is 14.4 Å². The van der Waals surface area contributed by atoms with Crippen LogP contribution in [0.2, 0.25) is 0 Å². The van der Waals surface area contributed by atoms with Crippen molar-refractivity contribution in [3.05, 3.63) is 71.5 Å². The van der Waals surface area contributed by atoms with Gasteiger partial charge in [-0.05, 0) is 29.8 Å². The van der Waals surface area contributed by atoms with Crippen LogP contribution in [-0.4, -0.2) is 64.4 Å². The first kappa shape index (κ1) is 25.8. The van der Waals surface area contributed by atoms with Crippen molar-refractivity contribution in [2.45, 2.75) is 24.5 Å². The SMILES string of the molecule is O=C(N[C@@H](Cc1ccccc1)C(=O)N[C@@H](CS)C(=O)N[C@@H](CO)C(=O)O)c1ccc([18F])cc1. The van der Waals surface area contributed by atoms with E-state index < -0.39 is 54.2 Å². The van der Waals surface area contributed by atoms with Crippen molar-refractivity contribution in [2.24, 2.45) is 0 Å². The highest BCUT2D eigenvalue weighted by Crippen LogP contribution is 2.07. The lowest BCUT2D eigenvalue weighted by molar-refractivity contribution is -0.143. The molecule has 5 N–H and O–H groups in total. The molecule has 0 aromatic heterocycles. The average Bonchev–Trinajstić information content (AvgIpc) is 2.81. The molecule has 0 fully saturated rings. The van der Waals surface area contributed by atoms with Gasteiger partial charge in [0.25, 0.3) is 5.91 Å². The van der Waals surface area contributed by atoms with Crippen molar-refractivity contribution in [3.63, 3.8) is 0 Å². The van der Waals surface area contributed by atoms with E-state index >= 15 is 0 Å². The summed E-state index contributed by atoms with van der Waals surface area (Å²) < 4.78 is 13.2. The van der Waals surface area contributed by atoms with Gasteiger partial charge < -0.3 is 26.2 Å². The molecule has 0 bridgehead atoms. The van der Waals surface area contributed by atoms with Crippen LogP contribution in [0, 0.1) is 5.82 Å². The van der Waals surface area contributed by atoms with Gasteiger partial charge in [-0.2, -0.15) is 12.6 Å². The summed E-state index contributed by atoms with van der Waals surface area (Å²) in [6.45, 7) is -0.835. The predicted molar refractivity (Wildman–Crippen MR) is 120 cm³/mol. The first-order valence-electron chi connectivity index (χ1n) is 9.90. The fourth-order valence-corrected chi connectivity index (χ4v) is 3.08. The maximum atomic E-state index is 13.2. The number of thiol groups is 1. The molecule has 0 radical (unpaired) electrons. The van der Waals surface area contributed by atoms with Crippen LogP contribution in [0.25, 0.3) is 0 Å². The van der Waals surface area contributed by atoms with Gasteiger partial charge in [-0.25, -0.2) is 9.18 Å². The third-order valence-corrected chi connectivity index (χ3v) is 4.99. The topological polar surface area (TPSA) is 145 Å². The fraction of sp³-hybridized carbons (Fsp3) is 0.273. The quantitative estimate of drug-likeness (QED) is 0.255. The molecule has 0 unspecified atom stereocenters. The van der Waals surface area contributed by atoms with Crippen molar-refractivity contribution in [2.75, 3.05) is 12.4 Å². The van der Waals surface area contributed by atoms with E-state index in [0.29, 0.717) is 0 Å². The van der Waals surface area contributed by atoms with Gasteiger partial charge in [0.15, 0.2) is 0 Å². The molecular formula is C22H24FN3O6S. The lowest BCUT2D eigenvalue weighted by Crippen LogP contribution is -2.57. The van der Waals surface area contributed by atoms with E-state index in [1.807, 2.05) is 0 Å². The smallest absolute Gasteiger partial charge is 0.328 e. The minimum Gasteiger partial charge on any atom is -0.480 e. The molecule has 0 saturated carbocycles. The van der Waals surface area contributed by atoms with Crippen LogP contribution in [0.1, 0.15) is 15.9 Å². The summed E-state index contributed by atoms with van der Waals surface area (Å²) >= 11 is 4.03. The Labute approximate surface area is 194 Å². The maximum absolute atomic E-state index is 13.2. The molecule has 2 rings (SSSR count). The molecule has 0 saturated heterocycles. The number of aliphatic carboxylic acids is 1. The normalized spacial score (nSPS) is 13.3. The molecule has 0 aliphatic heterocycles. The Morgan fingerprint density at radius 2 is 1.42 bits per heavy atom. The summed E-state index contributed by atoms with van der Waals surface area (Å²) in [5.74, 6) is -4.31. The summed E-state index contributed by atoms with van der Waals surface area (Å²) in [7, 11) is 0. The van der Waals surface area contributed by atoms with Gasteiger partial charge >= 0.3 is 5.97 Å². The van der Waals surface area contributed by atoms with E-state index in [-0.39, 0.29) is 17.7 Å². The Hall–Kier alpha value is -3.44. The number of carboxylic acid groups (broad SMARTS) is 1. The largest absolute Gasteiger partial charge is 0.480 e. The Morgan fingerprint density at radius 1 is 0.848 bits per heavy atom. The van der Waals surface area contributed by atoms with E-state index in [4.69, 9.17) is 10.2 Å². The summed E-state index contributed by atoms with van der Waals surface area (Å²) in [6.07, 6.45) is 0.0922. The highest BCUT2D eigenvalue weighted by molar-refractivity contribution is 7.80. The summed E-state index contributed by atoms with van der Waals surface area (Å²) in [5.41, 5.74) is 0.869. The van der Waals surface area contributed by atoms with Crippen LogP contribution in [0.15, 0.2) is 54.6 Å². The molecule has 0 aliphatic rings. The number of aliphatic hydroxyl groups is 1. The zero-order valence-corrected chi connectivity index (χ0v) is 18.3. The number of nitrogens with one attached hydrogen (secondary N) is 3. The zero-order chi connectivity index (χ0) is 24.4. The Morgan fingerprint density at radius 3 is 1.97 bits per heavy atom. The van der Waals surface area contributed by atoms with Gasteiger partial charge in [0, 0.05) is 17.7 Å². The van der Waals surface area contributed by atoms with Crippen LogP contribution < -0.4 is 16.0 Å². The van der Waals surface area contributed by atoms with Gasteiger partial charge in [0.05, 0.1) is 6.61 Å². The van der Waals surface area contributed by atoms with E-state index in [1.165, 1.54) is 12.1 Å². The van der Waals surface area contributed by atoms with E-state index in [1.54, 1.807) is 30.3 Å². The van der Waals surface area contributed by atoms with Gasteiger partial charge in [0.2, 0.25) is 11.8 Å². The number of aliphatic hydroxyl groups excluding tert-OH is 1. The molecule has 2 aromatic carbocycles. The first-order chi connectivity index (χ1) is 15.7. The second-order valence-corrected chi connectivity index (χ2v) is 7.41. The zero-order valence-electron chi connectivity index (χ0n) is 17.4. The number of amides is 3. The number of hydrogen-bond acceptors (Lipinski definition) is 6. The van der Waals surface area contributed by atoms with Crippen LogP contribution in [0.5, 0.6) is 0 Å². The number of carbonyl (C=O) groups is 4. The third kappa shape index (κ3) is 7.88. The molecule has 9 nitrogen and oxygen atoms in total. The van der Waals surface area contributed by atoms with Crippen LogP contribution >= 0.6 is 12.6 Å². The Balaban J connectivity index is 2.17. The molecule has 11 heteroatoms. The van der Waals surface area contributed by atoms with Gasteiger partial charge in [0.1, 0.15) is 23.9 Å². The average molecular weight is 477 g/mol. The van der Waals surface area contributed by atoms with Crippen LogP contribution in [-0.2, 0) is 20.8 Å². The van der Waals surface area contributed by atoms with E-state index in [9.17, 15) is 23.6 Å². The summed E-state index contributed by atoms with van der Waals surface area (Å²) in [5, 5.41) is 25.2. The minimum absolute atomic E-state index is 0.0922. The third-order valence-electron chi connectivity index (χ3n) is 4.62. The molecule has 176 valence electrons. The number of hydrogen-bond donors (Lipinski definition) is 6. The molecule has 0 heterocycles. The first-order valence-corrected chi connectivity index (χ1v) is 10.5. The van der Waals surface area contributed by atoms with Gasteiger partial charge in [-0.1, -0.05) is 30.3 Å². The van der Waals surface area contributed by atoms with Gasteiger partial charge in [-0.15, -0.1) is 0 Å². The van der Waals surface area contributed by atoms with Crippen molar-refractivity contribution >= 4 is 36.3 Å². The molecule has 0 spiro atoms. The highest BCUT2D eigenvalue weighted by atomic mass is 32.1. The minimum atomic E-state index is -1.55. The molecular weight excluding hydrogens is 452 g/mol. The second-order valence-electron chi connectivity index (χ2n) is 7.05. The number of carboxylic acids is 1. The van der Waals surface area contributed by atoms with Crippen molar-refractivity contribution in [1.82, 2.24) is 16.0 Å². The summed E-state index contributed by atoms with van der Waals surface area (Å²) in [4.78, 5) is 49.0. The maximum Gasteiger partial charge on any atom is 0.328 e. The number of halogens is 1. The molecule has 0 aliphatic carbocycles. The van der Waals surface area contributed by atoms with Crippen LogP contribution in [0.3, 0.4) is 0 Å². The van der Waals surface area contributed by atoms with Crippen LogP contribution in [0.4, 0.5) is 4.39 Å². The lowest BCUT2D eigenvalue weighted by Gasteiger charge is -2.23. The second kappa shape index (κ2) is 12.6. The number of benzene rings is 2. The summed E-state index contributed by atoms with van der Waals surface area (Å²) in [6, 6.07) is 9.71. The fourth-order valence-electron chi connectivity index (χ4n) is 2.83. The van der Waals surface area contributed by atoms with E-state index in [0.717, 1.165) is 17.7 Å². The Bertz CT molecular complexity index is 974. The number of rotatable bonds is 11. The van der Waals surface area contributed by atoms with E-state index in [2.05, 4.69) is 28.6 Å². The number of carbonyl (C=O) groups excluding carboxylic acids is 3. The van der Waals surface area contributed by atoms with Crippen molar-refractivity contribution < 1.29 is 33.8 Å². The molecule has 3 atom stereocenters. The standard InChI is InChI=1S/C22H24FN3O6S/c23-15-8-6-14(7-9-15)19(28)24-16(10-13-4-2-1-3-5-13)20(29)26-18(12-33)21(30)25-17(11-27)22(31)32/h1-9,16-18,27,33H,10-12H2,(H,24,28)(H,25,30)(H,26,29)(H,31,32)/t16-,17-,18-/m0/s1/i23-1. The molecule has 3 amide bonds. The van der Waals surface area contributed by atoms with Crippen molar-refractivity contribution in [3.8, 4) is 0 Å². The Kier molecular flexibility index (Phi) is 9.83. The lowest BCUT2D eigenvalue weighted by atomic mass is 10.0. The monoisotopic (exact) mass is 476 g/mol. The molecule has 33 heavy (non-hydrogen) atoms. The highest BCUT2D eigenvalue weighted by Gasteiger charge is 2.29. The predicted octanol–water partition coefficient (Wildman–Crippen LogP) is 0.143. The van der Waals surface area contributed by atoms with Crippen molar-refractivity contribution in [1.29, 1.82) is 0 Å². The molecule has 2 aromatic rings.